The SMILES string of the molecule is CCc1cc2cc(N(Cc3ccccc3)Cc3ccccc3)ccc2cn1. The first-order valence-electron chi connectivity index (χ1n) is 9.53. The Bertz CT molecular complexity index is 969. The van der Waals surface area contributed by atoms with Gasteiger partial charge in [-0.25, -0.2) is 0 Å². The standard InChI is InChI=1S/C25H24N2/c1-2-24-15-23-16-25(14-13-22(23)17-26-24)27(18-20-9-5-3-6-10-20)19-21-11-7-4-8-12-21/h3-17H,2,18-19H2,1H3. The monoisotopic (exact) mass is 352 g/mol. The minimum absolute atomic E-state index is 0.882. The molecule has 2 heteroatoms. The Morgan fingerprint density at radius 2 is 1.33 bits per heavy atom. The molecule has 3 aromatic carbocycles. The first-order chi connectivity index (χ1) is 13.3. The zero-order valence-electron chi connectivity index (χ0n) is 15.7. The molecule has 2 nitrogen and oxygen atoms in total. The molecular formula is C25H24N2. The summed E-state index contributed by atoms with van der Waals surface area (Å²) >= 11 is 0. The summed E-state index contributed by atoms with van der Waals surface area (Å²) in [5.41, 5.74) is 5.01. The number of aryl methyl sites for hydroxylation is 1. The van der Waals surface area contributed by atoms with Crippen molar-refractivity contribution >= 4 is 16.5 Å². The van der Waals surface area contributed by atoms with Crippen molar-refractivity contribution in [3.05, 3.63) is 108 Å². The van der Waals surface area contributed by atoms with Crippen molar-refractivity contribution in [1.82, 2.24) is 4.98 Å². The molecule has 0 N–H and O–H groups in total. The van der Waals surface area contributed by atoms with Gasteiger partial charge >= 0.3 is 0 Å². The van der Waals surface area contributed by atoms with Gasteiger partial charge in [-0.2, -0.15) is 0 Å². The van der Waals surface area contributed by atoms with Crippen LogP contribution in [0.15, 0.2) is 91.1 Å². The van der Waals surface area contributed by atoms with Crippen LogP contribution in [0.2, 0.25) is 0 Å². The van der Waals surface area contributed by atoms with Crippen LogP contribution >= 0.6 is 0 Å². The lowest BCUT2D eigenvalue weighted by molar-refractivity contribution is 0.801. The van der Waals surface area contributed by atoms with E-state index >= 15 is 0 Å². The van der Waals surface area contributed by atoms with Gasteiger partial charge in [0.25, 0.3) is 0 Å². The summed E-state index contributed by atoms with van der Waals surface area (Å²) in [7, 11) is 0. The summed E-state index contributed by atoms with van der Waals surface area (Å²) < 4.78 is 0. The smallest absolute Gasteiger partial charge is 0.0433 e. The largest absolute Gasteiger partial charge is 0.363 e. The lowest BCUT2D eigenvalue weighted by Crippen LogP contribution is -2.22. The number of nitrogens with zero attached hydrogens (tertiary/aromatic N) is 2. The highest BCUT2D eigenvalue weighted by molar-refractivity contribution is 5.85. The second-order valence-corrected chi connectivity index (χ2v) is 6.89. The van der Waals surface area contributed by atoms with Crippen LogP contribution in [0.1, 0.15) is 23.7 Å². The molecule has 0 aliphatic carbocycles. The average Bonchev–Trinajstić information content (AvgIpc) is 2.74. The van der Waals surface area contributed by atoms with Crippen LogP contribution in [0, 0.1) is 0 Å². The summed E-state index contributed by atoms with van der Waals surface area (Å²) in [6, 6.07) is 30.2. The lowest BCUT2D eigenvalue weighted by Gasteiger charge is -2.26. The van der Waals surface area contributed by atoms with Crippen LogP contribution in [-0.4, -0.2) is 4.98 Å². The fourth-order valence-electron chi connectivity index (χ4n) is 3.41. The quantitative estimate of drug-likeness (QED) is 0.423. The van der Waals surface area contributed by atoms with E-state index in [2.05, 4.69) is 102 Å². The molecule has 0 saturated carbocycles. The number of rotatable bonds is 6. The fourth-order valence-corrected chi connectivity index (χ4v) is 3.41. The molecule has 1 heterocycles. The van der Waals surface area contributed by atoms with Gasteiger partial charge in [-0.3, -0.25) is 4.98 Å². The van der Waals surface area contributed by atoms with Crippen molar-refractivity contribution in [3.8, 4) is 0 Å². The zero-order valence-corrected chi connectivity index (χ0v) is 15.7. The lowest BCUT2D eigenvalue weighted by atomic mass is 10.1. The van der Waals surface area contributed by atoms with Gasteiger partial charge in [-0.15, -0.1) is 0 Å². The molecule has 0 saturated heterocycles. The maximum absolute atomic E-state index is 4.52. The molecule has 0 bridgehead atoms. The third-order valence-corrected chi connectivity index (χ3v) is 4.92. The van der Waals surface area contributed by atoms with E-state index in [4.69, 9.17) is 0 Å². The van der Waals surface area contributed by atoms with Gasteiger partial charge in [0.1, 0.15) is 0 Å². The van der Waals surface area contributed by atoms with Gasteiger partial charge < -0.3 is 4.90 Å². The van der Waals surface area contributed by atoms with Crippen molar-refractivity contribution in [1.29, 1.82) is 0 Å². The molecule has 0 atom stereocenters. The molecule has 0 amide bonds. The first kappa shape index (κ1) is 17.3. The second kappa shape index (κ2) is 8.05. The van der Waals surface area contributed by atoms with E-state index in [1.54, 1.807) is 0 Å². The van der Waals surface area contributed by atoms with Crippen molar-refractivity contribution in [2.45, 2.75) is 26.4 Å². The Kier molecular flexibility index (Phi) is 5.15. The highest BCUT2D eigenvalue weighted by Crippen LogP contribution is 2.25. The van der Waals surface area contributed by atoms with Crippen molar-refractivity contribution in [2.24, 2.45) is 0 Å². The van der Waals surface area contributed by atoms with Gasteiger partial charge in [-0.05, 0) is 41.1 Å². The van der Waals surface area contributed by atoms with Crippen LogP contribution < -0.4 is 4.90 Å². The summed E-state index contributed by atoms with van der Waals surface area (Å²) in [6.45, 7) is 3.91. The highest BCUT2D eigenvalue weighted by atomic mass is 15.1. The first-order valence-corrected chi connectivity index (χ1v) is 9.53. The van der Waals surface area contributed by atoms with E-state index in [0.29, 0.717) is 0 Å². The van der Waals surface area contributed by atoms with Crippen LogP contribution in [-0.2, 0) is 19.5 Å². The Labute approximate surface area is 161 Å². The number of fused-ring (bicyclic) bond motifs is 1. The van der Waals surface area contributed by atoms with Gasteiger partial charge in [0, 0.05) is 36.1 Å². The molecular weight excluding hydrogens is 328 g/mol. The van der Waals surface area contributed by atoms with Crippen LogP contribution in [0.4, 0.5) is 5.69 Å². The summed E-state index contributed by atoms with van der Waals surface area (Å²) in [5.74, 6) is 0. The third-order valence-electron chi connectivity index (χ3n) is 4.92. The zero-order chi connectivity index (χ0) is 18.5. The van der Waals surface area contributed by atoms with E-state index < -0.39 is 0 Å². The van der Waals surface area contributed by atoms with E-state index in [0.717, 1.165) is 25.2 Å². The predicted octanol–water partition coefficient (Wildman–Crippen LogP) is 6.00. The Morgan fingerprint density at radius 1 is 0.704 bits per heavy atom. The van der Waals surface area contributed by atoms with Gasteiger partial charge in [-0.1, -0.05) is 73.7 Å². The summed E-state index contributed by atoms with van der Waals surface area (Å²) in [4.78, 5) is 6.96. The number of anilines is 1. The van der Waals surface area contributed by atoms with Crippen molar-refractivity contribution in [3.63, 3.8) is 0 Å². The summed E-state index contributed by atoms with van der Waals surface area (Å²) in [5, 5.41) is 2.45. The summed E-state index contributed by atoms with van der Waals surface area (Å²) in [6.07, 6.45) is 2.94. The predicted molar refractivity (Wildman–Crippen MR) is 114 cm³/mol. The minimum atomic E-state index is 0.882. The van der Waals surface area contributed by atoms with Crippen molar-refractivity contribution < 1.29 is 0 Å². The Balaban J connectivity index is 1.71. The maximum Gasteiger partial charge on any atom is 0.0433 e. The van der Waals surface area contributed by atoms with E-state index in [1.807, 2.05) is 6.20 Å². The van der Waals surface area contributed by atoms with Crippen LogP contribution in [0.25, 0.3) is 10.8 Å². The number of pyridine rings is 1. The minimum Gasteiger partial charge on any atom is -0.363 e. The van der Waals surface area contributed by atoms with Crippen LogP contribution in [0.3, 0.4) is 0 Å². The normalized spacial score (nSPS) is 10.9. The molecule has 0 fully saturated rings. The molecule has 0 radical (unpaired) electrons. The van der Waals surface area contributed by atoms with E-state index in [9.17, 15) is 0 Å². The molecule has 0 aliphatic rings. The van der Waals surface area contributed by atoms with Gasteiger partial charge in [0.15, 0.2) is 0 Å². The molecule has 0 spiro atoms. The van der Waals surface area contributed by atoms with Gasteiger partial charge in [0.05, 0.1) is 0 Å². The maximum atomic E-state index is 4.52. The Hall–Kier alpha value is -3.13. The number of aromatic nitrogens is 1. The number of benzene rings is 3. The molecule has 1 aromatic heterocycles. The van der Waals surface area contributed by atoms with Crippen LogP contribution in [0.5, 0.6) is 0 Å². The highest BCUT2D eigenvalue weighted by Gasteiger charge is 2.10. The topological polar surface area (TPSA) is 16.1 Å². The Morgan fingerprint density at radius 3 is 1.93 bits per heavy atom. The van der Waals surface area contributed by atoms with Crippen molar-refractivity contribution in [2.75, 3.05) is 4.90 Å². The molecule has 0 aliphatic heterocycles. The number of hydrogen-bond donors (Lipinski definition) is 0. The average molecular weight is 352 g/mol. The number of hydrogen-bond acceptors (Lipinski definition) is 2. The van der Waals surface area contributed by atoms with E-state index in [-0.39, 0.29) is 0 Å². The second-order valence-electron chi connectivity index (χ2n) is 6.89. The molecule has 0 unspecified atom stereocenters. The molecule has 27 heavy (non-hydrogen) atoms. The molecule has 4 aromatic rings. The van der Waals surface area contributed by atoms with Gasteiger partial charge in [0.2, 0.25) is 0 Å². The molecule has 134 valence electrons. The third kappa shape index (κ3) is 4.17. The molecule has 4 rings (SSSR count). The fraction of sp³-hybridized carbons (Fsp3) is 0.160. The van der Waals surface area contributed by atoms with E-state index in [1.165, 1.54) is 27.6 Å².